The Bertz CT molecular complexity index is 477. The minimum absolute atomic E-state index is 0.166. The first-order valence-electron chi connectivity index (χ1n) is 6.06. The number of nitriles is 1. The highest BCUT2D eigenvalue weighted by Gasteiger charge is 2.38. The molecular weight excluding hydrogens is 248 g/mol. The summed E-state index contributed by atoms with van der Waals surface area (Å²) in [6.07, 6.45) is 3.15. The third-order valence-corrected chi connectivity index (χ3v) is 3.96. The molecule has 96 valence electrons. The summed E-state index contributed by atoms with van der Waals surface area (Å²) in [6, 6.07) is 8.15. The number of hydrogen-bond donors (Lipinski definition) is 0. The highest BCUT2D eigenvalue weighted by atomic mass is 35.5. The van der Waals surface area contributed by atoms with E-state index in [1.54, 1.807) is 7.11 Å². The standard InChI is InChI=1S/C14H17ClN2O/c1-17(10-14(9-16)6-3-7-14)11-4-5-13(18-2)12(15)8-11/h4-5,8H,3,6-7,10H2,1-2H3. The Kier molecular flexibility index (Phi) is 3.68. The van der Waals surface area contributed by atoms with Gasteiger partial charge in [-0.1, -0.05) is 18.0 Å². The molecule has 0 saturated heterocycles. The number of benzene rings is 1. The van der Waals surface area contributed by atoms with Gasteiger partial charge in [-0.05, 0) is 31.0 Å². The normalized spacial score (nSPS) is 16.6. The summed E-state index contributed by atoms with van der Waals surface area (Å²) in [4.78, 5) is 2.09. The van der Waals surface area contributed by atoms with Gasteiger partial charge in [0.05, 0.1) is 23.6 Å². The lowest BCUT2D eigenvalue weighted by molar-refractivity contribution is 0.223. The van der Waals surface area contributed by atoms with Crippen LogP contribution in [0.2, 0.25) is 5.02 Å². The molecule has 1 aromatic carbocycles. The second kappa shape index (κ2) is 5.07. The molecule has 0 aliphatic heterocycles. The van der Waals surface area contributed by atoms with Crippen molar-refractivity contribution < 1.29 is 4.74 Å². The van der Waals surface area contributed by atoms with Gasteiger partial charge in [0.2, 0.25) is 0 Å². The van der Waals surface area contributed by atoms with E-state index in [4.69, 9.17) is 16.3 Å². The largest absolute Gasteiger partial charge is 0.495 e. The van der Waals surface area contributed by atoms with E-state index in [1.807, 2.05) is 25.2 Å². The van der Waals surface area contributed by atoms with Gasteiger partial charge < -0.3 is 9.64 Å². The van der Waals surface area contributed by atoms with Crippen LogP contribution in [0.4, 0.5) is 5.69 Å². The van der Waals surface area contributed by atoms with Crippen molar-refractivity contribution in [3.63, 3.8) is 0 Å². The molecule has 0 unspecified atom stereocenters. The molecule has 0 atom stereocenters. The highest BCUT2D eigenvalue weighted by Crippen LogP contribution is 2.41. The van der Waals surface area contributed by atoms with E-state index in [9.17, 15) is 5.26 Å². The monoisotopic (exact) mass is 264 g/mol. The van der Waals surface area contributed by atoms with Gasteiger partial charge in [0.25, 0.3) is 0 Å². The Balaban J connectivity index is 2.12. The lowest BCUT2D eigenvalue weighted by Gasteiger charge is -2.39. The lowest BCUT2D eigenvalue weighted by Crippen LogP contribution is -2.39. The highest BCUT2D eigenvalue weighted by molar-refractivity contribution is 6.32. The SMILES string of the molecule is COc1ccc(N(C)CC2(C#N)CCC2)cc1Cl. The molecule has 2 rings (SSSR count). The van der Waals surface area contributed by atoms with E-state index in [1.165, 1.54) is 0 Å². The summed E-state index contributed by atoms with van der Waals surface area (Å²) in [7, 11) is 3.60. The van der Waals surface area contributed by atoms with Crippen LogP contribution in [-0.2, 0) is 0 Å². The fourth-order valence-electron chi connectivity index (χ4n) is 2.35. The molecule has 0 bridgehead atoms. The van der Waals surface area contributed by atoms with Gasteiger partial charge in [0.1, 0.15) is 5.75 Å². The van der Waals surface area contributed by atoms with Crippen LogP contribution in [0.5, 0.6) is 5.75 Å². The van der Waals surface area contributed by atoms with Crippen LogP contribution in [-0.4, -0.2) is 20.7 Å². The first-order valence-corrected chi connectivity index (χ1v) is 6.44. The van der Waals surface area contributed by atoms with Crippen molar-refractivity contribution in [1.82, 2.24) is 0 Å². The maximum Gasteiger partial charge on any atom is 0.137 e. The quantitative estimate of drug-likeness (QED) is 0.835. The van der Waals surface area contributed by atoms with Crippen LogP contribution >= 0.6 is 11.6 Å². The van der Waals surface area contributed by atoms with Gasteiger partial charge >= 0.3 is 0 Å². The fraction of sp³-hybridized carbons (Fsp3) is 0.500. The van der Waals surface area contributed by atoms with Crippen molar-refractivity contribution in [1.29, 1.82) is 5.26 Å². The molecule has 0 heterocycles. The van der Waals surface area contributed by atoms with E-state index in [2.05, 4.69) is 11.0 Å². The number of methoxy groups -OCH3 is 1. The molecule has 1 aliphatic rings. The average Bonchev–Trinajstić information content (AvgIpc) is 2.33. The van der Waals surface area contributed by atoms with Gasteiger partial charge in [-0.15, -0.1) is 0 Å². The van der Waals surface area contributed by atoms with E-state index >= 15 is 0 Å². The predicted molar refractivity (Wildman–Crippen MR) is 73.2 cm³/mol. The molecule has 1 saturated carbocycles. The molecule has 1 aliphatic carbocycles. The molecule has 1 fully saturated rings. The molecule has 4 heteroatoms. The van der Waals surface area contributed by atoms with Crippen LogP contribution in [0, 0.1) is 16.7 Å². The summed E-state index contributed by atoms with van der Waals surface area (Å²) in [5.74, 6) is 0.674. The van der Waals surface area contributed by atoms with Crippen molar-refractivity contribution in [3.05, 3.63) is 23.2 Å². The summed E-state index contributed by atoms with van der Waals surface area (Å²) >= 11 is 6.11. The van der Waals surface area contributed by atoms with Crippen molar-refractivity contribution in [2.75, 3.05) is 25.6 Å². The van der Waals surface area contributed by atoms with Crippen molar-refractivity contribution in [2.45, 2.75) is 19.3 Å². The molecule has 0 aromatic heterocycles. The zero-order valence-corrected chi connectivity index (χ0v) is 11.5. The second-order valence-electron chi connectivity index (χ2n) is 4.92. The lowest BCUT2D eigenvalue weighted by atomic mass is 9.69. The van der Waals surface area contributed by atoms with Crippen LogP contribution < -0.4 is 9.64 Å². The summed E-state index contributed by atoms with van der Waals surface area (Å²) in [6.45, 7) is 0.756. The summed E-state index contributed by atoms with van der Waals surface area (Å²) in [5.41, 5.74) is 0.851. The maximum absolute atomic E-state index is 9.25. The molecule has 0 N–H and O–H groups in total. The molecule has 0 radical (unpaired) electrons. The van der Waals surface area contributed by atoms with Gasteiger partial charge in [-0.2, -0.15) is 5.26 Å². The van der Waals surface area contributed by atoms with E-state index in [0.717, 1.165) is 31.5 Å². The number of ether oxygens (including phenoxy) is 1. The van der Waals surface area contributed by atoms with Crippen molar-refractivity contribution in [2.24, 2.45) is 5.41 Å². The number of hydrogen-bond acceptors (Lipinski definition) is 3. The Labute approximate surface area is 113 Å². The van der Waals surface area contributed by atoms with Gasteiger partial charge in [-0.25, -0.2) is 0 Å². The van der Waals surface area contributed by atoms with E-state index in [0.29, 0.717) is 10.8 Å². The van der Waals surface area contributed by atoms with Gasteiger partial charge in [0.15, 0.2) is 0 Å². The predicted octanol–water partition coefficient (Wildman–Crippen LogP) is 3.48. The number of rotatable bonds is 4. The minimum Gasteiger partial charge on any atom is -0.495 e. The Hall–Kier alpha value is -1.40. The topological polar surface area (TPSA) is 36.3 Å². The number of nitrogens with zero attached hydrogens (tertiary/aromatic N) is 2. The first kappa shape index (κ1) is 13.0. The first-order chi connectivity index (χ1) is 8.60. The fourth-order valence-corrected chi connectivity index (χ4v) is 2.60. The molecular formula is C14H17ClN2O. The zero-order valence-electron chi connectivity index (χ0n) is 10.7. The Morgan fingerprint density at radius 3 is 2.67 bits per heavy atom. The molecule has 0 amide bonds. The van der Waals surface area contributed by atoms with Crippen LogP contribution in [0.15, 0.2) is 18.2 Å². The average molecular weight is 265 g/mol. The third-order valence-electron chi connectivity index (χ3n) is 3.66. The van der Waals surface area contributed by atoms with E-state index in [-0.39, 0.29) is 5.41 Å². The molecule has 3 nitrogen and oxygen atoms in total. The summed E-state index contributed by atoms with van der Waals surface area (Å²) in [5, 5.41) is 9.84. The van der Waals surface area contributed by atoms with Crippen molar-refractivity contribution in [3.8, 4) is 11.8 Å². The smallest absolute Gasteiger partial charge is 0.137 e. The van der Waals surface area contributed by atoms with Crippen LogP contribution in [0.3, 0.4) is 0 Å². The van der Waals surface area contributed by atoms with Crippen LogP contribution in [0.1, 0.15) is 19.3 Å². The zero-order chi connectivity index (χ0) is 13.2. The van der Waals surface area contributed by atoms with Gasteiger partial charge in [0, 0.05) is 19.3 Å². The molecule has 1 aromatic rings. The van der Waals surface area contributed by atoms with Gasteiger partial charge in [-0.3, -0.25) is 0 Å². The van der Waals surface area contributed by atoms with Crippen LogP contribution in [0.25, 0.3) is 0 Å². The number of halogens is 1. The molecule has 18 heavy (non-hydrogen) atoms. The third kappa shape index (κ3) is 2.39. The minimum atomic E-state index is -0.166. The molecule has 0 spiro atoms. The van der Waals surface area contributed by atoms with Crippen molar-refractivity contribution >= 4 is 17.3 Å². The maximum atomic E-state index is 9.25. The number of anilines is 1. The second-order valence-corrected chi connectivity index (χ2v) is 5.33. The Morgan fingerprint density at radius 1 is 1.50 bits per heavy atom. The summed E-state index contributed by atoms with van der Waals surface area (Å²) < 4.78 is 5.13. The van der Waals surface area contributed by atoms with E-state index < -0.39 is 0 Å². The Morgan fingerprint density at radius 2 is 2.22 bits per heavy atom.